The molecule has 2 heterocycles. The molecular weight excluding hydrogens is 230 g/mol. The molecule has 0 unspecified atom stereocenters. The number of pyridine rings is 1. The number of rotatable bonds is 3. The molecule has 2 aromatic rings. The van der Waals surface area contributed by atoms with Gasteiger partial charge in [-0.25, -0.2) is 0 Å². The Morgan fingerprint density at radius 3 is 2.67 bits per heavy atom. The molecule has 2 aromatic heterocycles. The van der Waals surface area contributed by atoms with Gasteiger partial charge in [0.1, 0.15) is 0 Å². The Morgan fingerprint density at radius 1 is 1.33 bits per heavy atom. The van der Waals surface area contributed by atoms with Crippen molar-refractivity contribution in [1.82, 2.24) is 4.57 Å². The molecule has 0 aromatic carbocycles. The second-order valence-electron chi connectivity index (χ2n) is 3.88. The first-order valence-electron chi connectivity index (χ1n) is 5.55. The van der Waals surface area contributed by atoms with Gasteiger partial charge >= 0.3 is 0 Å². The molecule has 0 aliphatic heterocycles. The molecule has 0 aliphatic carbocycles. The average Bonchev–Trinajstić information content (AvgIpc) is 2.88. The van der Waals surface area contributed by atoms with Crippen molar-refractivity contribution in [1.29, 1.82) is 0 Å². The quantitative estimate of drug-likeness (QED) is 0.613. The fourth-order valence-corrected chi connectivity index (χ4v) is 1.72. The van der Waals surface area contributed by atoms with E-state index in [0.717, 1.165) is 0 Å². The number of carbonyl (C=O) groups is 1. The third-order valence-electron chi connectivity index (χ3n) is 2.68. The number of hydrogen-bond acceptors (Lipinski definition) is 3. The lowest BCUT2D eigenvalue weighted by molar-refractivity contribution is 0.103. The van der Waals surface area contributed by atoms with Crippen LogP contribution in [0.1, 0.15) is 23.0 Å². The van der Waals surface area contributed by atoms with Crippen LogP contribution in [0.4, 0.5) is 0 Å². The molecule has 0 fully saturated rings. The standard InChI is InChI=1S/C14H13NO3/c1-3-11(14(17)12-5-4-8-18-12)10-6-7-13(16)15(2)9-10/h3-9H,1-2H3/b11-3-. The normalized spacial score (nSPS) is 11.6. The zero-order valence-corrected chi connectivity index (χ0v) is 10.2. The van der Waals surface area contributed by atoms with Crippen LogP contribution in [0.2, 0.25) is 0 Å². The van der Waals surface area contributed by atoms with E-state index >= 15 is 0 Å². The maximum atomic E-state index is 12.2. The molecule has 0 radical (unpaired) electrons. The van der Waals surface area contributed by atoms with Crippen molar-refractivity contribution in [3.63, 3.8) is 0 Å². The van der Waals surface area contributed by atoms with Crippen LogP contribution in [0, 0.1) is 0 Å². The summed E-state index contributed by atoms with van der Waals surface area (Å²) in [5.74, 6) is 0.0955. The Bertz CT molecular complexity index is 648. The third kappa shape index (κ3) is 2.18. The van der Waals surface area contributed by atoms with Gasteiger partial charge in [0.05, 0.1) is 6.26 Å². The highest BCUT2D eigenvalue weighted by Gasteiger charge is 2.16. The zero-order valence-electron chi connectivity index (χ0n) is 10.2. The van der Waals surface area contributed by atoms with Crippen molar-refractivity contribution < 1.29 is 9.21 Å². The number of carbonyl (C=O) groups excluding carboxylic acids is 1. The zero-order chi connectivity index (χ0) is 13.1. The van der Waals surface area contributed by atoms with Crippen molar-refractivity contribution in [2.24, 2.45) is 7.05 Å². The molecule has 0 saturated carbocycles. The maximum absolute atomic E-state index is 12.2. The number of nitrogens with zero attached hydrogens (tertiary/aromatic N) is 1. The van der Waals surface area contributed by atoms with Gasteiger partial charge in [0.25, 0.3) is 0 Å². The van der Waals surface area contributed by atoms with Gasteiger partial charge in [-0.15, -0.1) is 0 Å². The summed E-state index contributed by atoms with van der Waals surface area (Å²) in [4.78, 5) is 23.5. The van der Waals surface area contributed by atoms with Crippen LogP contribution < -0.4 is 5.56 Å². The van der Waals surface area contributed by atoms with E-state index in [1.807, 2.05) is 0 Å². The number of hydrogen-bond donors (Lipinski definition) is 0. The molecule has 18 heavy (non-hydrogen) atoms. The first-order valence-corrected chi connectivity index (χ1v) is 5.55. The molecule has 4 nitrogen and oxygen atoms in total. The van der Waals surface area contributed by atoms with E-state index in [9.17, 15) is 9.59 Å². The molecule has 0 saturated heterocycles. The third-order valence-corrected chi connectivity index (χ3v) is 2.68. The minimum absolute atomic E-state index is 0.111. The van der Waals surface area contributed by atoms with E-state index in [4.69, 9.17) is 4.42 Å². The monoisotopic (exact) mass is 243 g/mol. The Hall–Kier alpha value is -2.36. The summed E-state index contributed by atoms with van der Waals surface area (Å²) in [6.07, 6.45) is 4.81. The molecule has 0 atom stereocenters. The highest BCUT2D eigenvalue weighted by Crippen LogP contribution is 2.19. The van der Waals surface area contributed by atoms with Gasteiger partial charge < -0.3 is 8.98 Å². The first-order chi connectivity index (χ1) is 8.63. The Kier molecular flexibility index (Phi) is 3.28. The van der Waals surface area contributed by atoms with Crippen LogP contribution in [0.3, 0.4) is 0 Å². The lowest BCUT2D eigenvalue weighted by Crippen LogP contribution is -2.15. The van der Waals surface area contributed by atoms with Crippen molar-refractivity contribution in [3.05, 3.63) is 64.5 Å². The summed E-state index contributed by atoms with van der Waals surface area (Å²) in [5.41, 5.74) is 1.10. The van der Waals surface area contributed by atoms with Crippen LogP contribution in [-0.2, 0) is 7.05 Å². The Labute approximate surface area is 104 Å². The van der Waals surface area contributed by atoms with Crippen LogP contribution in [0.5, 0.6) is 0 Å². The Balaban J connectivity index is 2.44. The number of furan rings is 1. The lowest BCUT2D eigenvalue weighted by atomic mass is 10.0. The molecule has 0 amide bonds. The van der Waals surface area contributed by atoms with Gasteiger partial charge in [-0.1, -0.05) is 6.08 Å². The fraction of sp³-hybridized carbons (Fsp3) is 0.143. The van der Waals surface area contributed by atoms with Crippen LogP contribution in [-0.4, -0.2) is 10.4 Å². The first kappa shape index (κ1) is 12.1. The molecule has 0 N–H and O–H groups in total. The maximum Gasteiger partial charge on any atom is 0.250 e. The SMILES string of the molecule is C/C=C(\C(=O)c1ccco1)c1ccc(=O)n(C)c1. The smallest absolute Gasteiger partial charge is 0.250 e. The van der Waals surface area contributed by atoms with Crippen LogP contribution >= 0.6 is 0 Å². The van der Waals surface area contributed by atoms with Crippen molar-refractivity contribution in [3.8, 4) is 0 Å². The van der Waals surface area contributed by atoms with Gasteiger partial charge in [-0.2, -0.15) is 0 Å². The lowest BCUT2D eigenvalue weighted by Gasteiger charge is -2.06. The second kappa shape index (κ2) is 4.87. The second-order valence-corrected chi connectivity index (χ2v) is 3.88. The van der Waals surface area contributed by atoms with Crippen molar-refractivity contribution in [2.75, 3.05) is 0 Å². The highest BCUT2D eigenvalue weighted by atomic mass is 16.3. The summed E-state index contributed by atoms with van der Waals surface area (Å²) < 4.78 is 6.53. The minimum Gasteiger partial charge on any atom is -0.461 e. The van der Waals surface area contributed by atoms with E-state index in [-0.39, 0.29) is 17.1 Å². The topological polar surface area (TPSA) is 52.2 Å². The predicted octanol–water partition coefficient (Wildman–Crippen LogP) is 2.26. The van der Waals surface area contributed by atoms with Gasteiger partial charge in [-0.05, 0) is 25.1 Å². The van der Waals surface area contributed by atoms with Gasteiger partial charge in [0, 0.05) is 30.4 Å². The highest BCUT2D eigenvalue weighted by molar-refractivity contribution is 6.27. The average molecular weight is 243 g/mol. The summed E-state index contributed by atoms with van der Waals surface area (Å²) >= 11 is 0. The van der Waals surface area contributed by atoms with Crippen LogP contribution in [0.25, 0.3) is 5.57 Å². The predicted molar refractivity (Wildman–Crippen MR) is 68.4 cm³/mol. The molecule has 0 aliphatic rings. The summed E-state index contributed by atoms with van der Waals surface area (Å²) in [7, 11) is 1.65. The largest absolute Gasteiger partial charge is 0.461 e. The van der Waals surface area contributed by atoms with E-state index in [2.05, 4.69) is 0 Å². The number of allylic oxidation sites excluding steroid dienone is 2. The van der Waals surface area contributed by atoms with E-state index in [1.54, 1.807) is 44.4 Å². The minimum atomic E-state index is -0.193. The molecule has 2 rings (SSSR count). The van der Waals surface area contributed by atoms with E-state index in [1.165, 1.54) is 16.9 Å². The molecular formula is C14H13NO3. The summed E-state index contributed by atoms with van der Waals surface area (Å²) in [5, 5.41) is 0. The molecule has 0 spiro atoms. The molecule has 4 heteroatoms. The van der Waals surface area contributed by atoms with Crippen molar-refractivity contribution >= 4 is 11.4 Å². The number of aromatic nitrogens is 1. The van der Waals surface area contributed by atoms with E-state index in [0.29, 0.717) is 11.1 Å². The molecule has 0 bridgehead atoms. The van der Waals surface area contributed by atoms with Gasteiger partial charge in [0.2, 0.25) is 11.3 Å². The van der Waals surface area contributed by atoms with Crippen LogP contribution in [0.15, 0.2) is 52.0 Å². The number of ketones is 1. The number of aryl methyl sites for hydroxylation is 1. The Morgan fingerprint density at radius 2 is 2.11 bits per heavy atom. The fourth-order valence-electron chi connectivity index (χ4n) is 1.72. The van der Waals surface area contributed by atoms with Crippen molar-refractivity contribution in [2.45, 2.75) is 6.92 Å². The summed E-state index contributed by atoms with van der Waals surface area (Å²) in [6, 6.07) is 6.36. The van der Waals surface area contributed by atoms with Gasteiger partial charge in [0.15, 0.2) is 5.76 Å². The van der Waals surface area contributed by atoms with E-state index < -0.39 is 0 Å². The number of Topliss-reactive ketones (excluding diaryl/α,β-unsaturated/α-hetero) is 1. The summed E-state index contributed by atoms with van der Waals surface area (Å²) in [6.45, 7) is 1.78. The van der Waals surface area contributed by atoms with Gasteiger partial charge in [-0.3, -0.25) is 9.59 Å². The molecule has 92 valence electrons.